The summed E-state index contributed by atoms with van der Waals surface area (Å²) in [7, 11) is 0. The monoisotopic (exact) mass is 525 g/mol. The molecular weight excluding hydrogens is 478 g/mol. The van der Waals surface area contributed by atoms with E-state index in [2.05, 4.69) is 80.7 Å². The molecule has 1 aliphatic rings. The Bertz CT molecular complexity index is 1110. The van der Waals surface area contributed by atoms with Crippen LogP contribution in [0, 0.1) is 12.8 Å². The molecule has 3 nitrogen and oxygen atoms in total. The highest BCUT2D eigenvalue weighted by atomic mass is 16.5. The Kier molecular flexibility index (Phi) is 11.6. The third kappa shape index (κ3) is 9.95. The molecule has 0 amide bonds. The smallest absolute Gasteiger partial charge is 0.306 e. The lowest BCUT2D eigenvalue weighted by atomic mass is 9.84. The first-order valence-electron chi connectivity index (χ1n) is 15.4. The van der Waals surface area contributed by atoms with Gasteiger partial charge in [0.1, 0.15) is 6.10 Å². The van der Waals surface area contributed by atoms with Crippen LogP contribution in [0.1, 0.15) is 99.9 Å². The Morgan fingerprint density at radius 2 is 1.44 bits per heavy atom. The number of unbranched alkanes of at least 4 members (excludes halogenated alkanes) is 3. The number of pyridine rings is 1. The molecule has 3 aromatic rings. The van der Waals surface area contributed by atoms with Crippen molar-refractivity contribution in [1.82, 2.24) is 4.98 Å². The number of benzene rings is 2. The van der Waals surface area contributed by atoms with Gasteiger partial charge in [-0.2, -0.15) is 0 Å². The van der Waals surface area contributed by atoms with Crippen molar-refractivity contribution in [2.45, 2.75) is 110 Å². The van der Waals surface area contributed by atoms with Crippen LogP contribution in [-0.4, -0.2) is 17.1 Å². The fourth-order valence-corrected chi connectivity index (χ4v) is 5.67. The van der Waals surface area contributed by atoms with Crippen molar-refractivity contribution in [3.8, 4) is 11.1 Å². The van der Waals surface area contributed by atoms with Crippen molar-refractivity contribution in [2.24, 2.45) is 5.92 Å². The summed E-state index contributed by atoms with van der Waals surface area (Å²) in [5, 5.41) is 0. The van der Waals surface area contributed by atoms with E-state index >= 15 is 0 Å². The number of esters is 1. The van der Waals surface area contributed by atoms with Crippen molar-refractivity contribution in [1.29, 1.82) is 0 Å². The molecule has 1 heterocycles. The Balaban J connectivity index is 1.09. The van der Waals surface area contributed by atoms with E-state index in [0.717, 1.165) is 57.3 Å². The van der Waals surface area contributed by atoms with Crippen molar-refractivity contribution >= 4 is 5.97 Å². The number of carbonyl (C=O) groups excluding carboxylic acids is 1. The van der Waals surface area contributed by atoms with Crippen LogP contribution in [0.4, 0.5) is 0 Å². The number of ether oxygens (including phenoxy) is 1. The van der Waals surface area contributed by atoms with Gasteiger partial charge in [-0.15, -0.1) is 0 Å². The van der Waals surface area contributed by atoms with E-state index in [4.69, 9.17) is 9.72 Å². The lowest BCUT2D eigenvalue weighted by Gasteiger charge is -2.28. The number of hydrogen-bond donors (Lipinski definition) is 0. The van der Waals surface area contributed by atoms with Crippen LogP contribution >= 0.6 is 0 Å². The van der Waals surface area contributed by atoms with Gasteiger partial charge < -0.3 is 4.74 Å². The average molecular weight is 526 g/mol. The van der Waals surface area contributed by atoms with Crippen LogP contribution in [-0.2, 0) is 28.8 Å². The second kappa shape index (κ2) is 15.6. The molecule has 0 aliphatic heterocycles. The third-order valence-electron chi connectivity index (χ3n) is 8.29. The van der Waals surface area contributed by atoms with E-state index in [1.54, 1.807) is 0 Å². The largest absolute Gasteiger partial charge is 0.462 e. The van der Waals surface area contributed by atoms with Crippen molar-refractivity contribution < 1.29 is 9.53 Å². The first kappa shape index (κ1) is 29.1. The van der Waals surface area contributed by atoms with Crippen LogP contribution < -0.4 is 0 Å². The van der Waals surface area contributed by atoms with Gasteiger partial charge in [-0.25, -0.2) is 0 Å². The second-order valence-electron chi connectivity index (χ2n) is 11.6. The van der Waals surface area contributed by atoms with Gasteiger partial charge in [-0.05, 0) is 112 Å². The van der Waals surface area contributed by atoms with E-state index in [-0.39, 0.29) is 12.1 Å². The summed E-state index contributed by atoms with van der Waals surface area (Å²) in [6, 6.07) is 22.3. The van der Waals surface area contributed by atoms with Crippen LogP contribution in [0.25, 0.3) is 11.1 Å². The molecule has 0 bridgehead atoms. The molecule has 4 rings (SSSR count). The van der Waals surface area contributed by atoms with Gasteiger partial charge in [0.2, 0.25) is 0 Å². The molecule has 1 saturated carbocycles. The minimum atomic E-state index is 0.00519. The van der Waals surface area contributed by atoms with Gasteiger partial charge in [0, 0.05) is 18.3 Å². The van der Waals surface area contributed by atoms with Gasteiger partial charge in [0.25, 0.3) is 0 Å². The molecule has 3 heteroatoms. The highest BCUT2D eigenvalue weighted by Gasteiger charge is 2.23. The van der Waals surface area contributed by atoms with Crippen LogP contribution in [0.5, 0.6) is 0 Å². The lowest BCUT2D eigenvalue weighted by molar-refractivity contribution is -0.151. The molecule has 0 N–H and O–H groups in total. The highest BCUT2D eigenvalue weighted by Crippen LogP contribution is 2.30. The standard InChI is InChI=1S/C36H47NO2/c1-3-4-5-10-36(38)39-35-25-18-30(19-26-35)13-14-31-17-24-34(37-27-31)9-7-6-8-29-15-22-33(23-16-29)32-20-11-28(2)12-21-32/h11-12,15-17,20-24,27,30,35H,3-10,13-14,18-19,25-26H2,1-2H3. The van der Waals surface area contributed by atoms with E-state index in [0.29, 0.717) is 6.42 Å². The van der Waals surface area contributed by atoms with Gasteiger partial charge >= 0.3 is 5.97 Å². The minimum absolute atomic E-state index is 0.00519. The van der Waals surface area contributed by atoms with E-state index in [1.807, 2.05) is 0 Å². The highest BCUT2D eigenvalue weighted by molar-refractivity contribution is 5.69. The Morgan fingerprint density at radius 3 is 2.10 bits per heavy atom. The molecule has 0 unspecified atom stereocenters. The Hall–Kier alpha value is -2.94. The van der Waals surface area contributed by atoms with Gasteiger partial charge in [0.15, 0.2) is 0 Å². The summed E-state index contributed by atoms with van der Waals surface area (Å²) in [5.41, 5.74) is 7.83. The molecule has 0 spiro atoms. The predicted molar refractivity (Wildman–Crippen MR) is 162 cm³/mol. The summed E-state index contributed by atoms with van der Waals surface area (Å²) in [6.45, 7) is 4.29. The zero-order valence-corrected chi connectivity index (χ0v) is 24.2. The Labute approximate surface area is 236 Å². The number of aromatic nitrogens is 1. The molecule has 1 aliphatic carbocycles. The normalized spacial score (nSPS) is 17.2. The fourth-order valence-electron chi connectivity index (χ4n) is 5.67. The number of carbonyl (C=O) groups is 1. The maximum atomic E-state index is 12.0. The topological polar surface area (TPSA) is 39.2 Å². The van der Waals surface area contributed by atoms with Gasteiger partial charge in [-0.3, -0.25) is 9.78 Å². The third-order valence-corrected chi connectivity index (χ3v) is 8.29. The van der Waals surface area contributed by atoms with Crippen molar-refractivity contribution in [3.63, 3.8) is 0 Å². The van der Waals surface area contributed by atoms with Crippen LogP contribution in [0.2, 0.25) is 0 Å². The predicted octanol–water partition coefficient (Wildman–Crippen LogP) is 9.24. The summed E-state index contributed by atoms with van der Waals surface area (Å²) in [6.07, 6.45) is 17.2. The molecule has 0 saturated heterocycles. The summed E-state index contributed by atoms with van der Waals surface area (Å²) in [4.78, 5) is 16.7. The van der Waals surface area contributed by atoms with E-state index < -0.39 is 0 Å². The SMILES string of the molecule is CCCCCC(=O)OC1CCC(CCc2ccc(CCCCc3ccc(-c4ccc(C)cc4)cc3)nc2)CC1. The first-order valence-corrected chi connectivity index (χ1v) is 15.4. The average Bonchev–Trinajstić information content (AvgIpc) is 2.96. The zero-order chi connectivity index (χ0) is 27.3. The molecule has 0 atom stereocenters. The quantitative estimate of drug-likeness (QED) is 0.155. The molecule has 1 aromatic heterocycles. The first-order chi connectivity index (χ1) is 19.1. The molecule has 2 aromatic carbocycles. The van der Waals surface area contributed by atoms with E-state index in [1.165, 1.54) is 65.6 Å². The van der Waals surface area contributed by atoms with Crippen LogP contribution in [0.15, 0.2) is 66.9 Å². The fraction of sp³-hybridized carbons (Fsp3) is 0.500. The maximum Gasteiger partial charge on any atom is 0.306 e. The zero-order valence-electron chi connectivity index (χ0n) is 24.2. The molecule has 208 valence electrons. The molecule has 0 radical (unpaired) electrons. The summed E-state index contributed by atoms with van der Waals surface area (Å²) < 4.78 is 5.70. The summed E-state index contributed by atoms with van der Waals surface area (Å²) in [5.74, 6) is 0.747. The summed E-state index contributed by atoms with van der Waals surface area (Å²) >= 11 is 0. The Morgan fingerprint density at radius 1 is 0.769 bits per heavy atom. The molecule has 1 fully saturated rings. The van der Waals surface area contributed by atoms with Gasteiger partial charge in [0.05, 0.1) is 0 Å². The number of nitrogens with zero attached hydrogens (tertiary/aromatic N) is 1. The maximum absolute atomic E-state index is 12.0. The second-order valence-corrected chi connectivity index (χ2v) is 11.6. The lowest BCUT2D eigenvalue weighted by Crippen LogP contribution is -2.24. The number of hydrogen-bond acceptors (Lipinski definition) is 3. The molecule has 39 heavy (non-hydrogen) atoms. The number of aryl methyl sites for hydroxylation is 4. The van der Waals surface area contributed by atoms with Crippen molar-refractivity contribution in [2.75, 3.05) is 0 Å². The van der Waals surface area contributed by atoms with Crippen LogP contribution in [0.3, 0.4) is 0 Å². The molecular formula is C36H47NO2. The van der Waals surface area contributed by atoms with Crippen molar-refractivity contribution in [3.05, 3.63) is 89.2 Å². The minimum Gasteiger partial charge on any atom is -0.462 e. The van der Waals surface area contributed by atoms with Gasteiger partial charge in [-0.1, -0.05) is 79.9 Å². The number of rotatable bonds is 14. The van der Waals surface area contributed by atoms with E-state index in [9.17, 15) is 4.79 Å².